The number of piperidine rings is 1. The molecule has 6 nitrogen and oxygen atoms in total. The smallest absolute Gasteiger partial charge is 0.306 e. The molecule has 1 aliphatic heterocycles. The Morgan fingerprint density at radius 2 is 2.18 bits per heavy atom. The van der Waals surface area contributed by atoms with Crippen LogP contribution in [0.2, 0.25) is 0 Å². The lowest BCUT2D eigenvalue weighted by Crippen LogP contribution is -2.41. The number of carbonyl (C=O) groups excluding carboxylic acids is 1. The molecule has 2 heterocycles. The Morgan fingerprint density at radius 1 is 1.47 bits per heavy atom. The van der Waals surface area contributed by atoms with Gasteiger partial charge in [0.15, 0.2) is 0 Å². The topological polar surface area (TPSA) is 83.6 Å². The number of rotatable bonds is 3. The molecule has 1 aromatic rings. The molecular formula is C11H14N2O4. The third-order valence-corrected chi connectivity index (χ3v) is 3.02. The van der Waals surface area contributed by atoms with Crippen LogP contribution in [0.1, 0.15) is 18.5 Å². The second-order valence-corrected chi connectivity index (χ2v) is 4.16. The van der Waals surface area contributed by atoms with Gasteiger partial charge in [0.1, 0.15) is 6.26 Å². The Morgan fingerprint density at radius 3 is 2.71 bits per heavy atom. The van der Waals surface area contributed by atoms with Crippen molar-refractivity contribution in [3.8, 4) is 0 Å². The molecule has 1 amide bonds. The first-order valence-electron chi connectivity index (χ1n) is 5.56. The van der Waals surface area contributed by atoms with E-state index >= 15 is 0 Å². The predicted octanol–water partition coefficient (Wildman–Crippen LogP) is 0.540. The van der Waals surface area contributed by atoms with Gasteiger partial charge >= 0.3 is 5.97 Å². The molecule has 0 aliphatic carbocycles. The third-order valence-electron chi connectivity index (χ3n) is 3.02. The molecular weight excluding hydrogens is 224 g/mol. The summed E-state index contributed by atoms with van der Waals surface area (Å²) in [5, 5.41) is 12.5. The van der Waals surface area contributed by atoms with Gasteiger partial charge in [-0.05, 0) is 12.8 Å². The summed E-state index contributed by atoms with van der Waals surface area (Å²) in [4.78, 5) is 24.3. The van der Waals surface area contributed by atoms with Crippen molar-refractivity contribution in [3.05, 3.63) is 18.0 Å². The fourth-order valence-corrected chi connectivity index (χ4v) is 1.97. The summed E-state index contributed by atoms with van der Waals surface area (Å²) in [6, 6.07) is 1.65. The summed E-state index contributed by atoms with van der Waals surface area (Å²) < 4.78 is 4.65. The van der Waals surface area contributed by atoms with Crippen LogP contribution in [0.15, 0.2) is 16.9 Å². The van der Waals surface area contributed by atoms with Crippen LogP contribution in [0.5, 0.6) is 0 Å². The van der Waals surface area contributed by atoms with Crippen LogP contribution in [0.3, 0.4) is 0 Å². The van der Waals surface area contributed by atoms with E-state index in [1.54, 1.807) is 11.0 Å². The lowest BCUT2D eigenvalue weighted by molar-refractivity contribution is -0.145. The summed E-state index contributed by atoms with van der Waals surface area (Å²) in [5.41, 5.74) is 0.607. The zero-order valence-corrected chi connectivity index (χ0v) is 9.33. The first kappa shape index (κ1) is 11.6. The van der Waals surface area contributed by atoms with Crippen molar-refractivity contribution >= 4 is 11.9 Å². The van der Waals surface area contributed by atoms with Gasteiger partial charge in [0.2, 0.25) is 5.91 Å². The van der Waals surface area contributed by atoms with Crippen LogP contribution >= 0.6 is 0 Å². The van der Waals surface area contributed by atoms with Gasteiger partial charge < -0.3 is 14.5 Å². The number of amides is 1. The molecule has 0 radical (unpaired) electrons. The van der Waals surface area contributed by atoms with E-state index in [4.69, 9.17) is 5.11 Å². The van der Waals surface area contributed by atoms with Gasteiger partial charge in [0.05, 0.1) is 18.0 Å². The molecule has 1 saturated heterocycles. The summed E-state index contributed by atoms with van der Waals surface area (Å²) in [5.74, 6) is -1.11. The maximum absolute atomic E-state index is 11.8. The molecule has 0 unspecified atom stereocenters. The standard InChI is InChI=1S/C11H14N2O4/c14-10(7-9-3-6-17-12-9)13-4-1-8(2-5-13)11(15)16/h3,6,8H,1-2,4-5,7H2,(H,15,16). The van der Waals surface area contributed by atoms with E-state index in [1.165, 1.54) is 6.26 Å². The SMILES string of the molecule is O=C(O)C1CCN(C(=O)Cc2ccon2)CC1. The number of carboxylic acid groups (broad SMARTS) is 1. The third kappa shape index (κ3) is 2.83. The van der Waals surface area contributed by atoms with Crippen LogP contribution in [-0.2, 0) is 16.0 Å². The molecule has 0 saturated carbocycles. The minimum atomic E-state index is -0.770. The Kier molecular flexibility index (Phi) is 3.41. The molecule has 0 bridgehead atoms. The van der Waals surface area contributed by atoms with Crippen LogP contribution in [0.25, 0.3) is 0 Å². The number of carbonyl (C=O) groups is 2. The van der Waals surface area contributed by atoms with Crippen LogP contribution in [0, 0.1) is 5.92 Å². The van der Waals surface area contributed by atoms with Gasteiger partial charge in [-0.2, -0.15) is 0 Å². The van der Waals surface area contributed by atoms with Crippen molar-refractivity contribution in [1.29, 1.82) is 0 Å². The normalized spacial score (nSPS) is 17.1. The van der Waals surface area contributed by atoms with Gasteiger partial charge in [-0.25, -0.2) is 0 Å². The fourth-order valence-electron chi connectivity index (χ4n) is 1.97. The molecule has 92 valence electrons. The zero-order valence-electron chi connectivity index (χ0n) is 9.33. The minimum absolute atomic E-state index is 0.0252. The first-order valence-corrected chi connectivity index (χ1v) is 5.56. The van der Waals surface area contributed by atoms with Crippen molar-refractivity contribution in [2.45, 2.75) is 19.3 Å². The largest absolute Gasteiger partial charge is 0.481 e. The fraction of sp³-hybridized carbons (Fsp3) is 0.545. The highest BCUT2D eigenvalue weighted by atomic mass is 16.5. The number of aliphatic carboxylic acids is 1. The molecule has 1 aromatic heterocycles. The van der Waals surface area contributed by atoms with Crippen molar-refractivity contribution in [2.75, 3.05) is 13.1 Å². The maximum atomic E-state index is 11.8. The summed E-state index contributed by atoms with van der Waals surface area (Å²) in [6.45, 7) is 1.02. The molecule has 0 spiro atoms. The second kappa shape index (κ2) is 4.99. The van der Waals surface area contributed by atoms with Crippen molar-refractivity contribution in [2.24, 2.45) is 5.92 Å². The highest BCUT2D eigenvalue weighted by Crippen LogP contribution is 2.17. The minimum Gasteiger partial charge on any atom is -0.481 e. The highest BCUT2D eigenvalue weighted by molar-refractivity contribution is 5.78. The Hall–Kier alpha value is -1.85. The van der Waals surface area contributed by atoms with E-state index in [-0.39, 0.29) is 18.2 Å². The lowest BCUT2D eigenvalue weighted by atomic mass is 9.97. The molecule has 1 aliphatic rings. The van der Waals surface area contributed by atoms with Gasteiger partial charge in [0.25, 0.3) is 0 Å². The number of carboxylic acids is 1. The number of aromatic nitrogens is 1. The number of hydrogen-bond acceptors (Lipinski definition) is 4. The quantitative estimate of drug-likeness (QED) is 0.830. The molecule has 2 rings (SSSR count). The zero-order chi connectivity index (χ0) is 12.3. The van der Waals surface area contributed by atoms with Crippen molar-refractivity contribution < 1.29 is 19.2 Å². The second-order valence-electron chi connectivity index (χ2n) is 4.16. The molecule has 1 N–H and O–H groups in total. The van der Waals surface area contributed by atoms with E-state index in [0.717, 1.165) is 0 Å². The average Bonchev–Trinajstić information content (AvgIpc) is 2.82. The lowest BCUT2D eigenvalue weighted by Gasteiger charge is -2.29. The molecule has 0 aromatic carbocycles. The number of likely N-dealkylation sites (tertiary alicyclic amines) is 1. The van der Waals surface area contributed by atoms with Gasteiger partial charge in [-0.1, -0.05) is 5.16 Å². The van der Waals surface area contributed by atoms with E-state index in [1.807, 2.05) is 0 Å². The Bertz CT molecular complexity index is 394. The predicted molar refractivity (Wildman–Crippen MR) is 57.1 cm³/mol. The summed E-state index contributed by atoms with van der Waals surface area (Å²) in [6.07, 6.45) is 2.70. The van der Waals surface area contributed by atoms with Crippen LogP contribution in [-0.4, -0.2) is 40.1 Å². The van der Waals surface area contributed by atoms with Crippen LogP contribution in [0.4, 0.5) is 0 Å². The van der Waals surface area contributed by atoms with E-state index in [2.05, 4.69) is 9.68 Å². The monoisotopic (exact) mass is 238 g/mol. The highest BCUT2D eigenvalue weighted by Gasteiger charge is 2.27. The summed E-state index contributed by atoms with van der Waals surface area (Å²) in [7, 11) is 0. The van der Waals surface area contributed by atoms with Crippen molar-refractivity contribution in [3.63, 3.8) is 0 Å². The molecule has 6 heteroatoms. The number of nitrogens with zero attached hydrogens (tertiary/aromatic N) is 2. The van der Waals surface area contributed by atoms with E-state index in [0.29, 0.717) is 31.6 Å². The van der Waals surface area contributed by atoms with Gasteiger partial charge in [0, 0.05) is 19.2 Å². The summed E-state index contributed by atoms with van der Waals surface area (Å²) >= 11 is 0. The molecule has 17 heavy (non-hydrogen) atoms. The number of hydrogen-bond donors (Lipinski definition) is 1. The maximum Gasteiger partial charge on any atom is 0.306 e. The van der Waals surface area contributed by atoms with Crippen LogP contribution < -0.4 is 0 Å². The van der Waals surface area contributed by atoms with Gasteiger partial charge in [-0.15, -0.1) is 0 Å². The van der Waals surface area contributed by atoms with E-state index in [9.17, 15) is 9.59 Å². The Labute approximate surface area is 98.2 Å². The molecule has 0 atom stereocenters. The Balaban J connectivity index is 1.84. The molecule has 1 fully saturated rings. The average molecular weight is 238 g/mol. The first-order chi connectivity index (χ1) is 8.16. The van der Waals surface area contributed by atoms with Crippen molar-refractivity contribution in [1.82, 2.24) is 10.1 Å². The van der Waals surface area contributed by atoms with Gasteiger partial charge in [-0.3, -0.25) is 9.59 Å². The van der Waals surface area contributed by atoms with E-state index < -0.39 is 5.97 Å².